The highest BCUT2D eigenvalue weighted by Crippen LogP contribution is 2.52. The molecule has 0 saturated carbocycles. The van der Waals surface area contributed by atoms with Gasteiger partial charge in [0.2, 0.25) is 0 Å². The monoisotopic (exact) mass is 571 g/mol. The van der Waals surface area contributed by atoms with E-state index >= 15 is 0 Å². The van der Waals surface area contributed by atoms with Crippen molar-refractivity contribution in [2.45, 2.75) is 19.3 Å². The van der Waals surface area contributed by atoms with Gasteiger partial charge in [0.1, 0.15) is 0 Å². The van der Waals surface area contributed by atoms with E-state index in [0.29, 0.717) is 5.56 Å². The molecule has 7 aromatic rings. The summed E-state index contributed by atoms with van der Waals surface area (Å²) in [6.07, 6.45) is 0. The predicted octanol–water partition coefficient (Wildman–Crippen LogP) is 11.7. The Morgan fingerprint density at radius 3 is 1.53 bits per heavy atom. The van der Waals surface area contributed by atoms with Gasteiger partial charge in [-0.2, -0.15) is 5.26 Å². The largest absolute Gasteiger partial charge is 0.192 e. The second kappa shape index (κ2) is 9.39. The molecule has 0 fully saturated rings. The summed E-state index contributed by atoms with van der Waals surface area (Å²) in [6.45, 7) is 4.73. The third kappa shape index (κ3) is 3.73. The maximum Gasteiger partial charge on any atom is 0.0991 e. The third-order valence-corrected chi connectivity index (χ3v) is 10.1. The summed E-state index contributed by atoms with van der Waals surface area (Å²) in [4.78, 5) is 0. The Hall–Kier alpha value is -5.71. The number of rotatable bonds is 3. The fourth-order valence-electron chi connectivity index (χ4n) is 7.74. The van der Waals surface area contributed by atoms with E-state index in [-0.39, 0.29) is 5.41 Å². The van der Waals surface area contributed by atoms with Crippen LogP contribution in [0.5, 0.6) is 0 Å². The van der Waals surface area contributed by atoms with Crippen molar-refractivity contribution < 1.29 is 0 Å². The molecular weight excluding hydrogens is 542 g/mol. The quantitative estimate of drug-likeness (QED) is 0.207. The number of nitriles is 1. The molecule has 0 aromatic heterocycles. The molecule has 0 bridgehead atoms. The second-order valence-corrected chi connectivity index (χ2v) is 12.8. The van der Waals surface area contributed by atoms with Gasteiger partial charge in [-0.05, 0) is 113 Å². The fourth-order valence-corrected chi connectivity index (χ4v) is 7.74. The van der Waals surface area contributed by atoms with Gasteiger partial charge in [-0.15, -0.1) is 0 Å². The molecule has 1 heteroatoms. The first-order valence-corrected chi connectivity index (χ1v) is 15.6. The van der Waals surface area contributed by atoms with Crippen LogP contribution in [0, 0.1) is 11.3 Å². The summed E-state index contributed by atoms with van der Waals surface area (Å²) in [5, 5.41) is 11.8. The van der Waals surface area contributed by atoms with Crippen molar-refractivity contribution in [3.05, 3.63) is 156 Å². The maximum absolute atomic E-state index is 9.12. The van der Waals surface area contributed by atoms with Gasteiger partial charge in [0.25, 0.3) is 0 Å². The Bertz CT molecular complexity index is 2350. The highest BCUT2D eigenvalue weighted by molar-refractivity contribution is 6.18. The van der Waals surface area contributed by atoms with E-state index in [1.165, 1.54) is 77.5 Å². The SMILES string of the molecule is CC1(C)c2cc(-c3ccc(-c4ccc(C#N)cc4)cc3)ccc2-c2ccc(-c3ccc4c5c(cccc35)-c3ccccc3-4)cc21. The molecule has 0 amide bonds. The van der Waals surface area contributed by atoms with Crippen LogP contribution in [0.2, 0.25) is 0 Å². The van der Waals surface area contributed by atoms with Crippen LogP contribution in [0.4, 0.5) is 0 Å². The van der Waals surface area contributed by atoms with Crippen molar-refractivity contribution in [2.75, 3.05) is 0 Å². The summed E-state index contributed by atoms with van der Waals surface area (Å²) in [6, 6.07) is 52.9. The van der Waals surface area contributed by atoms with Gasteiger partial charge in [0, 0.05) is 5.41 Å². The summed E-state index contributed by atoms with van der Waals surface area (Å²) in [5.41, 5.74) is 18.6. The number of fused-ring (bicyclic) bond motifs is 6. The van der Waals surface area contributed by atoms with Gasteiger partial charge < -0.3 is 0 Å². The molecule has 9 rings (SSSR count). The lowest BCUT2D eigenvalue weighted by Gasteiger charge is -2.23. The van der Waals surface area contributed by atoms with Crippen molar-refractivity contribution in [3.63, 3.8) is 0 Å². The lowest BCUT2D eigenvalue weighted by Crippen LogP contribution is -2.15. The summed E-state index contributed by atoms with van der Waals surface area (Å²) < 4.78 is 0. The van der Waals surface area contributed by atoms with Gasteiger partial charge in [-0.25, -0.2) is 0 Å². The van der Waals surface area contributed by atoms with Crippen LogP contribution in [-0.2, 0) is 5.41 Å². The summed E-state index contributed by atoms with van der Waals surface area (Å²) >= 11 is 0. The van der Waals surface area contributed by atoms with Crippen LogP contribution in [0.3, 0.4) is 0 Å². The van der Waals surface area contributed by atoms with Gasteiger partial charge in [0.05, 0.1) is 11.6 Å². The molecule has 45 heavy (non-hydrogen) atoms. The van der Waals surface area contributed by atoms with Crippen LogP contribution in [0.15, 0.2) is 140 Å². The molecule has 1 nitrogen and oxygen atoms in total. The third-order valence-electron chi connectivity index (χ3n) is 10.1. The van der Waals surface area contributed by atoms with E-state index in [0.717, 1.165) is 11.1 Å². The van der Waals surface area contributed by atoms with E-state index in [2.05, 4.69) is 135 Å². The topological polar surface area (TPSA) is 23.8 Å². The maximum atomic E-state index is 9.12. The van der Waals surface area contributed by atoms with Crippen LogP contribution in [-0.4, -0.2) is 0 Å². The van der Waals surface area contributed by atoms with Gasteiger partial charge in [-0.3, -0.25) is 0 Å². The number of benzene rings is 7. The van der Waals surface area contributed by atoms with E-state index in [1.807, 2.05) is 24.3 Å². The summed E-state index contributed by atoms with van der Waals surface area (Å²) in [7, 11) is 0. The van der Waals surface area contributed by atoms with E-state index < -0.39 is 0 Å². The minimum atomic E-state index is -0.121. The normalized spacial score (nSPS) is 13.3. The molecule has 2 aliphatic rings. The minimum Gasteiger partial charge on any atom is -0.192 e. The molecule has 0 radical (unpaired) electrons. The molecule has 2 aliphatic carbocycles. The molecule has 0 N–H and O–H groups in total. The predicted molar refractivity (Wildman–Crippen MR) is 187 cm³/mol. The zero-order valence-electron chi connectivity index (χ0n) is 25.2. The Balaban J connectivity index is 1.09. The Labute approximate surface area is 263 Å². The van der Waals surface area contributed by atoms with Crippen molar-refractivity contribution in [1.29, 1.82) is 5.26 Å². The van der Waals surface area contributed by atoms with Crippen molar-refractivity contribution in [1.82, 2.24) is 0 Å². The molecule has 210 valence electrons. The minimum absolute atomic E-state index is 0.121. The van der Waals surface area contributed by atoms with Crippen LogP contribution < -0.4 is 0 Å². The number of nitrogens with zero attached hydrogens (tertiary/aromatic N) is 1. The summed E-state index contributed by atoms with van der Waals surface area (Å²) in [5.74, 6) is 0. The zero-order chi connectivity index (χ0) is 30.3. The van der Waals surface area contributed by atoms with Crippen LogP contribution >= 0.6 is 0 Å². The van der Waals surface area contributed by atoms with E-state index in [9.17, 15) is 0 Å². The first-order chi connectivity index (χ1) is 22.0. The molecule has 0 saturated heterocycles. The molecule has 7 aromatic carbocycles. The highest BCUT2D eigenvalue weighted by Gasteiger charge is 2.36. The Kier molecular flexibility index (Phi) is 5.38. The molecule has 0 unspecified atom stereocenters. The van der Waals surface area contributed by atoms with Gasteiger partial charge in [-0.1, -0.05) is 129 Å². The van der Waals surface area contributed by atoms with Crippen molar-refractivity contribution >= 4 is 10.8 Å². The lowest BCUT2D eigenvalue weighted by molar-refractivity contribution is 0.661. The average molecular weight is 572 g/mol. The second-order valence-electron chi connectivity index (χ2n) is 12.8. The highest BCUT2D eigenvalue weighted by atomic mass is 14.4. The molecule has 0 spiro atoms. The fraction of sp³-hybridized carbons (Fsp3) is 0.0682. The molecular formula is C44H29N. The van der Waals surface area contributed by atoms with Crippen molar-refractivity contribution in [2.24, 2.45) is 0 Å². The smallest absolute Gasteiger partial charge is 0.0991 e. The van der Waals surface area contributed by atoms with Crippen LogP contribution in [0.1, 0.15) is 30.5 Å². The lowest BCUT2D eigenvalue weighted by atomic mass is 9.80. The van der Waals surface area contributed by atoms with Crippen molar-refractivity contribution in [3.8, 4) is 72.8 Å². The zero-order valence-corrected chi connectivity index (χ0v) is 25.2. The van der Waals surface area contributed by atoms with E-state index in [4.69, 9.17) is 5.26 Å². The Morgan fingerprint density at radius 2 is 0.889 bits per heavy atom. The first-order valence-electron chi connectivity index (χ1n) is 15.6. The molecule has 0 atom stereocenters. The van der Waals surface area contributed by atoms with Gasteiger partial charge >= 0.3 is 0 Å². The molecule has 0 heterocycles. The molecule has 0 aliphatic heterocycles. The number of hydrogen-bond donors (Lipinski definition) is 0. The van der Waals surface area contributed by atoms with E-state index in [1.54, 1.807) is 0 Å². The first kappa shape index (κ1) is 25.8. The standard InChI is InChI=1S/C44H29N/c1-44(2)41-24-31(30-16-14-29(15-17-30)28-12-10-27(26-45)11-13-28)18-20-36(41)37-21-19-32(25-42(37)44)33-22-23-40-35-7-4-3-6-34(35)39-9-5-8-38(33)43(39)40/h3-25H,1-2H3. The van der Waals surface area contributed by atoms with Gasteiger partial charge in [0.15, 0.2) is 0 Å². The number of hydrogen-bond acceptors (Lipinski definition) is 1. The average Bonchev–Trinajstić information content (AvgIpc) is 3.54. The van der Waals surface area contributed by atoms with Crippen LogP contribution in [0.25, 0.3) is 77.5 Å². The Morgan fingerprint density at radius 1 is 0.422 bits per heavy atom.